The van der Waals surface area contributed by atoms with E-state index in [0.29, 0.717) is 5.69 Å². The molecule has 9 heteroatoms. The molecule has 2 aromatic rings. The topological polar surface area (TPSA) is 80.9 Å². The van der Waals surface area contributed by atoms with Crippen molar-refractivity contribution < 1.29 is 18.7 Å². The minimum Gasteiger partial charge on any atom is -0.476 e. The van der Waals surface area contributed by atoms with Crippen molar-refractivity contribution >= 4 is 17.3 Å². The molecule has 0 saturated carbocycles. The van der Waals surface area contributed by atoms with Gasteiger partial charge in [-0.2, -0.15) is 0 Å². The molecule has 0 saturated heterocycles. The first-order valence-corrected chi connectivity index (χ1v) is 6.79. The van der Waals surface area contributed by atoms with Crippen LogP contribution in [-0.4, -0.2) is 31.1 Å². The average Bonchev–Trinajstić information content (AvgIpc) is 2.97. The summed E-state index contributed by atoms with van der Waals surface area (Å²) in [6.45, 7) is 2.01. The Labute approximate surface area is 117 Å². The number of hydrogen-bond donors (Lipinski definition) is 1. The van der Waals surface area contributed by atoms with E-state index in [1.165, 1.54) is 11.3 Å². The van der Waals surface area contributed by atoms with Crippen molar-refractivity contribution in [2.45, 2.75) is 32.7 Å². The highest BCUT2D eigenvalue weighted by atomic mass is 32.1. The second kappa shape index (κ2) is 6.04. The van der Waals surface area contributed by atoms with E-state index in [-0.39, 0.29) is 6.54 Å². The normalized spacial score (nSPS) is 11.2. The molecule has 0 aromatic carbocycles. The lowest BCUT2D eigenvalue weighted by molar-refractivity contribution is 0.0675. The van der Waals surface area contributed by atoms with E-state index in [1.807, 2.05) is 6.92 Å². The Morgan fingerprint density at radius 1 is 1.55 bits per heavy atom. The molecule has 0 aliphatic carbocycles. The van der Waals surface area contributed by atoms with Gasteiger partial charge in [-0.3, -0.25) is 0 Å². The first-order valence-electron chi connectivity index (χ1n) is 5.91. The molecular formula is C11H12F2N4O2S. The van der Waals surface area contributed by atoms with Crippen LogP contribution in [0.4, 0.5) is 8.78 Å². The number of thiazole rings is 1. The summed E-state index contributed by atoms with van der Waals surface area (Å²) in [6, 6.07) is 0. The van der Waals surface area contributed by atoms with Gasteiger partial charge in [0.25, 0.3) is 6.43 Å². The zero-order chi connectivity index (χ0) is 14.7. The van der Waals surface area contributed by atoms with Crippen LogP contribution in [0, 0.1) is 0 Å². The predicted octanol–water partition coefficient (Wildman–Crippen LogP) is 2.37. The van der Waals surface area contributed by atoms with Crippen LogP contribution in [0.25, 0.3) is 0 Å². The number of alkyl halides is 2. The highest BCUT2D eigenvalue weighted by Crippen LogP contribution is 2.22. The molecule has 0 fully saturated rings. The molecule has 0 unspecified atom stereocenters. The molecule has 0 amide bonds. The maximum atomic E-state index is 12.9. The van der Waals surface area contributed by atoms with E-state index >= 15 is 0 Å². The molecule has 2 aromatic heterocycles. The number of halogens is 2. The second-order valence-corrected chi connectivity index (χ2v) is 5.01. The van der Waals surface area contributed by atoms with Crippen LogP contribution in [0.5, 0.6) is 0 Å². The number of carboxylic acid groups (broad SMARTS) is 1. The summed E-state index contributed by atoms with van der Waals surface area (Å²) in [6.07, 6.45) is -1.18. The summed E-state index contributed by atoms with van der Waals surface area (Å²) in [5.41, 5.74) is -0.839. The summed E-state index contributed by atoms with van der Waals surface area (Å²) < 4.78 is 26.7. The molecule has 108 valence electrons. The van der Waals surface area contributed by atoms with Crippen LogP contribution in [0.1, 0.15) is 46.7 Å². The van der Waals surface area contributed by atoms with Gasteiger partial charge in [-0.05, 0) is 12.8 Å². The van der Waals surface area contributed by atoms with E-state index in [1.54, 1.807) is 5.38 Å². The van der Waals surface area contributed by atoms with Crippen LogP contribution >= 0.6 is 11.3 Å². The van der Waals surface area contributed by atoms with E-state index in [4.69, 9.17) is 5.11 Å². The van der Waals surface area contributed by atoms with Crippen LogP contribution in [-0.2, 0) is 13.0 Å². The largest absolute Gasteiger partial charge is 0.476 e. The number of aromatic carboxylic acids is 1. The number of nitrogens with zero attached hydrogens (tertiary/aromatic N) is 4. The van der Waals surface area contributed by atoms with Gasteiger partial charge in [-0.1, -0.05) is 12.1 Å². The van der Waals surface area contributed by atoms with Crippen molar-refractivity contribution in [2.75, 3.05) is 0 Å². The number of rotatable bonds is 6. The van der Waals surface area contributed by atoms with Gasteiger partial charge in [0.05, 0.1) is 17.2 Å². The van der Waals surface area contributed by atoms with E-state index in [0.717, 1.165) is 22.5 Å². The van der Waals surface area contributed by atoms with Gasteiger partial charge in [-0.25, -0.2) is 23.2 Å². The van der Waals surface area contributed by atoms with Crippen LogP contribution < -0.4 is 0 Å². The van der Waals surface area contributed by atoms with E-state index in [9.17, 15) is 13.6 Å². The maximum absolute atomic E-state index is 12.9. The number of carbonyl (C=O) groups is 1. The summed E-state index contributed by atoms with van der Waals surface area (Å²) in [7, 11) is 0. The first-order chi connectivity index (χ1) is 9.52. The van der Waals surface area contributed by atoms with Gasteiger partial charge < -0.3 is 5.11 Å². The third-order valence-corrected chi connectivity index (χ3v) is 3.52. The SMILES string of the molecule is CCCc1nc(Cn2nnc(C(=O)O)c2C(F)F)cs1. The van der Waals surface area contributed by atoms with Crippen LogP contribution in [0.3, 0.4) is 0 Å². The lowest BCUT2D eigenvalue weighted by Crippen LogP contribution is -2.10. The zero-order valence-corrected chi connectivity index (χ0v) is 11.4. The molecule has 6 nitrogen and oxygen atoms in total. The highest BCUT2D eigenvalue weighted by Gasteiger charge is 2.26. The molecular weight excluding hydrogens is 290 g/mol. The molecule has 0 aliphatic heterocycles. The number of aromatic nitrogens is 4. The predicted molar refractivity (Wildman–Crippen MR) is 67.1 cm³/mol. The fraction of sp³-hybridized carbons (Fsp3) is 0.455. The minimum atomic E-state index is -2.95. The molecule has 2 rings (SSSR count). The molecule has 0 atom stereocenters. The maximum Gasteiger partial charge on any atom is 0.358 e. The molecule has 0 bridgehead atoms. The molecule has 0 spiro atoms. The van der Waals surface area contributed by atoms with Gasteiger partial charge in [0, 0.05) is 5.38 Å². The molecule has 0 aliphatic rings. The van der Waals surface area contributed by atoms with Gasteiger partial charge >= 0.3 is 5.97 Å². The Kier molecular flexibility index (Phi) is 4.38. The first kappa shape index (κ1) is 14.5. The van der Waals surface area contributed by atoms with Crippen molar-refractivity contribution in [3.8, 4) is 0 Å². The van der Waals surface area contributed by atoms with Gasteiger partial charge in [0.1, 0.15) is 5.69 Å². The third kappa shape index (κ3) is 2.98. The van der Waals surface area contributed by atoms with Crippen molar-refractivity contribution in [1.29, 1.82) is 0 Å². The highest BCUT2D eigenvalue weighted by molar-refractivity contribution is 7.09. The Bertz CT molecular complexity index is 611. The Morgan fingerprint density at radius 2 is 2.30 bits per heavy atom. The number of carboxylic acids is 1. The molecule has 2 heterocycles. The van der Waals surface area contributed by atoms with Crippen molar-refractivity contribution in [1.82, 2.24) is 20.0 Å². The van der Waals surface area contributed by atoms with Gasteiger partial charge in [0.2, 0.25) is 0 Å². The minimum absolute atomic E-state index is 0.0137. The van der Waals surface area contributed by atoms with Crippen molar-refractivity contribution in [3.05, 3.63) is 27.5 Å². The van der Waals surface area contributed by atoms with Crippen molar-refractivity contribution in [2.24, 2.45) is 0 Å². The van der Waals surface area contributed by atoms with Gasteiger partial charge in [0.15, 0.2) is 5.69 Å². The quantitative estimate of drug-likeness (QED) is 0.886. The Morgan fingerprint density at radius 3 is 2.90 bits per heavy atom. The summed E-state index contributed by atoms with van der Waals surface area (Å²) >= 11 is 1.44. The number of hydrogen-bond acceptors (Lipinski definition) is 5. The fourth-order valence-corrected chi connectivity index (χ4v) is 2.60. The average molecular weight is 302 g/mol. The monoisotopic (exact) mass is 302 g/mol. The Balaban J connectivity index is 2.26. The lowest BCUT2D eigenvalue weighted by Gasteiger charge is -2.04. The lowest BCUT2D eigenvalue weighted by atomic mass is 10.3. The summed E-state index contributed by atoms with van der Waals surface area (Å²) in [5, 5.41) is 18.2. The fourth-order valence-electron chi connectivity index (χ4n) is 1.71. The third-order valence-electron chi connectivity index (χ3n) is 2.56. The summed E-state index contributed by atoms with van der Waals surface area (Å²) in [4.78, 5) is 15.1. The Hall–Kier alpha value is -1.90. The smallest absolute Gasteiger partial charge is 0.358 e. The van der Waals surface area contributed by atoms with Crippen molar-refractivity contribution in [3.63, 3.8) is 0 Å². The summed E-state index contributed by atoms with van der Waals surface area (Å²) in [5.74, 6) is -1.52. The van der Waals surface area contributed by atoms with E-state index < -0.39 is 23.8 Å². The second-order valence-electron chi connectivity index (χ2n) is 4.07. The van der Waals surface area contributed by atoms with E-state index in [2.05, 4.69) is 15.3 Å². The van der Waals surface area contributed by atoms with Crippen LogP contribution in [0.2, 0.25) is 0 Å². The number of aryl methyl sites for hydroxylation is 1. The molecule has 0 radical (unpaired) electrons. The van der Waals surface area contributed by atoms with Gasteiger partial charge in [-0.15, -0.1) is 16.4 Å². The molecule has 1 N–H and O–H groups in total. The molecule has 20 heavy (non-hydrogen) atoms. The standard InChI is InChI=1S/C11H12F2N4O2S/c1-2-3-7-14-6(5-20-7)4-17-9(10(12)13)8(11(18)19)15-16-17/h5,10H,2-4H2,1H3,(H,18,19). The van der Waals surface area contributed by atoms with Crippen LogP contribution in [0.15, 0.2) is 5.38 Å². The zero-order valence-electron chi connectivity index (χ0n) is 10.6.